The second-order valence-electron chi connectivity index (χ2n) is 6.76. The average molecular weight is 415 g/mol. The summed E-state index contributed by atoms with van der Waals surface area (Å²) >= 11 is 4.66. The predicted molar refractivity (Wildman–Crippen MR) is 102 cm³/mol. The van der Waals surface area contributed by atoms with Crippen LogP contribution in [0.25, 0.3) is 0 Å². The summed E-state index contributed by atoms with van der Waals surface area (Å²) < 4.78 is 0.754. The quantitative estimate of drug-likeness (QED) is 0.726. The molecule has 2 saturated heterocycles. The Hall–Kier alpha value is -0.500. The maximum atomic E-state index is 11.9. The standard InChI is InChI=1S/C17H27BrN4OS/c18-17-20-13-15(24-17)16(23)19-7-4-8-21-11-5-14(6-12-21)22-9-2-1-3-10-22/h13-14H,1-12H2,(H,19,23). The number of piperidine rings is 2. The molecular formula is C17H27BrN4OS. The van der Waals surface area contributed by atoms with Crippen molar-refractivity contribution in [2.45, 2.75) is 44.6 Å². The van der Waals surface area contributed by atoms with Crippen molar-refractivity contribution in [3.63, 3.8) is 0 Å². The van der Waals surface area contributed by atoms with Crippen molar-refractivity contribution in [3.05, 3.63) is 15.0 Å². The van der Waals surface area contributed by atoms with Gasteiger partial charge in [0.2, 0.25) is 0 Å². The van der Waals surface area contributed by atoms with Gasteiger partial charge in [0.15, 0.2) is 3.92 Å². The van der Waals surface area contributed by atoms with Crippen LogP contribution in [0.3, 0.4) is 0 Å². The molecule has 2 aliphatic rings. The molecule has 5 nitrogen and oxygen atoms in total. The zero-order valence-corrected chi connectivity index (χ0v) is 16.6. The number of hydrogen-bond acceptors (Lipinski definition) is 5. The third kappa shape index (κ3) is 5.25. The molecule has 0 spiro atoms. The van der Waals surface area contributed by atoms with E-state index in [0.717, 1.165) is 29.5 Å². The van der Waals surface area contributed by atoms with Gasteiger partial charge in [-0.25, -0.2) is 4.98 Å². The van der Waals surface area contributed by atoms with E-state index in [1.54, 1.807) is 6.20 Å². The lowest BCUT2D eigenvalue weighted by Gasteiger charge is -2.40. The summed E-state index contributed by atoms with van der Waals surface area (Å²) in [7, 11) is 0. The van der Waals surface area contributed by atoms with Gasteiger partial charge in [0.25, 0.3) is 5.91 Å². The van der Waals surface area contributed by atoms with Crippen molar-refractivity contribution in [3.8, 4) is 0 Å². The van der Waals surface area contributed by atoms with Gasteiger partial charge in [-0.2, -0.15) is 0 Å². The third-order valence-electron chi connectivity index (χ3n) is 5.10. The van der Waals surface area contributed by atoms with Crippen molar-refractivity contribution in [2.24, 2.45) is 0 Å². The van der Waals surface area contributed by atoms with E-state index in [1.807, 2.05) is 0 Å². The molecular weight excluding hydrogens is 388 g/mol. The molecule has 1 amide bonds. The maximum Gasteiger partial charge on any atom is 0.263 e. The first-order valence-electron chi connectivity index (χ1n) is 9.08. The second-order valence-corrected chi connectivity index (χ2v) is 9.06. The van der Waals surface area contributed by atoms with Crippen LogP contribution in [0, 0.1) is 0 Å². The van der Waals surface area contributed by atoms with Crippen molar-refractivity contribution in [1.82, 2.24) is 20.1 Å². The lowest BCUT2D eigenvalue weighted by Crippen LogP contribution is -2.47. The summed E-state index contributed by atoms with van der Waals surface area (Å²) in [5.74, 6) is -0.0120. The number of rotatable bonds is 6. The fourth-order valence-electron chi connectivity index (χ4n) is 3.74. The first-order chi connectivity index (χ1) is 11.7. The van der Waals surface area contributed by atoms with Gasteiger partial charge in [0.05, 0.1) is 6.20 Å². The Kier molecular flexibility index (Phi) is 7.06. The third-order valence-corrected chi connectivity index (χ3v) is 6.58. The van der Waals surface area contributed by atoms with Crippen molar-refractivity contribution in [2.75, 3.05) is 39.3 Å². The van der Waals surface area contributed by atoms with Gasteiger partial charge >= 0.3 is 0 Å². The van der Waals surface area contributed by atoms with Gasteiger partial charge in [-0.1, -0.05) is 6.42 Å². The second kappa shape index (κ2) is 9.27. The van der Waals surface area contributed by atoms with E-state index in [4.69, 9.17) is 0 Å². The molecule has 0 radical (unpaired) electrons. The highest BCUT2D eigenvalue weighted by atomic mass is 79.9. The van der Waals surface area contributed by atoms with Crippen LogP contribution in [0.5, 0.6) is 0 Å². The first-order valence-corrected chi connectivity index (χ1v) is 10.7. The van der Waals surface area contributed by atoms with E-state index < -0.39 is 0 Å². The van der Waals surface area contributed by atoms with Crippen molar-refractivity contribution >= 4 is 33.2 Å². The average Bonchev–Trinajstić information content (AvgIpc) is 3.06. The summed E-state index contributed by atoms with van der Waals surface area (Å²) in [5.41, 5.74) is 0. The summed E-state index contributed by atoms with van der Waals surface area (Å²) in [6, 6.07) is 0.811. The minimum Gasteiger partial charge on any atom is -0.351 e. The fourth-order valence-corrected chi connectivity index (χ4v) is 4.92. The van der Waals surface area contributed by atoms with Crippen molar-refractivity contribution in [1.29, 1.82) is 0 Å². The summed E-state index contributed by atoms with van der Waals surface area (Å²) in [4.78, 5) is 21.9. The minimum absolute atomic E-state index is 0.0120. The van der Waals surface area contributed by atoms with Crippen LogP contribution in [0.2, 0.25) is 0 Å². The van der Waals surface area contributed by atoms with Crippen LogP contribution in [0.1, 0.15) is 48.2 Å². The molecule has 0 aromatic carbocycles. The Morgan fingerprint density at radius 2 is 2.00 bits per heavy atom. The molecule has 3 rings (SSSR count). The molecule has 1 aromatic heterocycles. The fraction of sp³-hybridized carbons (Fsp3) is 0.765. The number of carbonyl (C=O) groups is 1. The Labute approximate surface area is 156 Å². The van der Waals surface area contributed by atoms with Gasteiger partial charge in [-0.15, -0.1) is 11.3 Å². The summed E-state index contributed by atoms with van der Waals surface area (Å²) in [6.45, 7) is 6.85. The summed E-state index contributed by atoms with van der Waals surface area (Å²) in [6.07, 6.45) is 9.43. The number of aromatic nitrogens is 1. The van der Waals surface area contributed by atoms with Crippen LogP contribution in [-0.2, 0) is 0 Å². The normalized spacial score (nSPS) is 21.0. The topological polar surface area (TPSA) is 48.5 Å². The minimum atomic E-state index is -0.0120. The number of hydrogen-bond donors (Lipinski definition) is 1. The van der Waals surface area contributed by atoms with Gasteiger partial charge in [-0.05, 0) is 80.8 Å². The van der Waals surface area contributed by atoms with E-state index in [9.17, 15) is 4.79 Å². The van der Waals surface area contributed by atoms with Gasteiger partial charge in [0, 0.05) is 12.6 Å². The molecule has 24 heavy (non-hydrogen) atoms. The Bertz CT molecular complexity index is 524. The smallest absolute Gasteiger partial charge is 0.263 e. The molecule has 1 N–H and O–H groups in total. The molecule has 7 heteroatoms. The number of nitrogens with one attached hydrogen (secondary N) is 1. The Morgan fingerprint density at radius 1 is 1.25 bits per heavy atom. The van der Waals surface area contributed by atoms with Crippen LogP contribution >= 0.6 is 27.3 Å². The monoisotopic (exact) mass is 414 g/mol. The number of nitrogens with zero attached hydrogens (tertiary/aromatic N) is 3. The number of thiazole rings is 1. The highest BCUT2D eigenvalue weighted by molar-refractivity contribution is 9.11. The lowest BCUT2D eigenvalue weighted by molar-refractivity contribution is 0.0904. The highest BCUT2D eigenvalue weighted by Crippen LogP contribution is 2.21. The van der Waals surface area contributed by atoms with Crippen LogP contribution in [0.15, 0.2) is 10.1 Å². The van der Waals surface area contributed by atoms with Crippen LogP contribution in [0.4, 0.5) is 0 Å². The zero-order valence-electron chi connectivity index (χ0n) is 14.2. The Morgan fingerprint density at radius 3 is 2.67 bits per heavy atom. The highest BCUT2D eigenvalue weighted by Gasteiger charge is 2.25. The van der Waals surface area contributed by atoms with Gasteiger partial charge < -0.3 is 15.1 Å². The van der Waals surface area contributed by atoms with Crippen molar-refractivity contribution < 1.29 is 4.79 Å². The summed E-state index contributed by atoms with van der Waals surface area (Å²) in [5, 5.41) is 2.99. The molecule has 2 fully saturated rings. The molecule has 0 atom stereocenters. The largest absolute Gasteiger partial charge is 0.351 e. The molecule has 134 valence electrons. The molecule has 0 bridgehead atoms. The van der Waals surface area contributed by atoms with E-state index in [-0.39, 0.29) is 5.91 Å². The van der Waals surface area contributed by atoms with Crippen LogP contribution in [-0.4, -0.2) is 66.0 Å². The van der Waals surface area contributed by atoms with Gasteiger partial charge in [-0.3, -0.25) is 4.79 Å². The zero-order chi connectivity index (χ0) is 16.8. The predicted octanol–water partition coefficient (Wildman–Crippen LogP) is 2.98. The number of carbonyl (C=O) groups excluding carboxylic acids is 1. The molecule has 0 aliphatic carbocycles. The molecule has 0 unspecified atom stereocenters. The van der Waals surface area contributed by atoms with Gasteiger partial charge in [0.1, 0.15) is 4.88 Å². The number of halogens is 1. The Balaban J connectivity index is 1.29. The van der Waals surface area contributed by atoms with Crippen LogP contribution < -0.4 is 5.32 Å². The first kappa shape index (κ1) is 18.3. The van der Waals surface area contributed by atoms with E-state index >= 15 is 0 Å². The maximum absolute atomic E-state index is 11.9. The molecule has 0 saturated carbocycles. The number of likely N-dealkylation sites (tertiary alicyclic amines) is 2. The SMILES string of the molecule is O=C(NCCCN1CCC(N2CCCCC2)CC1)c1cnc(Br)s1. The van der Waals surface area contributed by atoms with E-state index in [1.165, 1.54) is 69.6 Å². The van der Waals surface area contributed by atoms with E-state index in [2.05, 4.69) is 36.0 Å². The molecule has 2 aliphatic heterocycles. The number of amides is 1. The molecule has 1 aromatic rings. The lowest BCUT2D eigenvalue weighted by atomic mass is 10.00. The molecule has 3 heterocycles. The van der Waals surface area contributed by atoms with E-state index in [0.29, 0.717) is 4.88 Å².